The van der Waals surface area contributed by atoms with Crippen LogP contribution in [0.5, 0.6) is 0 Å². The van der Waals surface area contributed by atoms with E-state index in [9.17, 15) is 14.7 Å². The Morgan fingerprint density at radius 1 is 1.13 bits per heavy atom. The van der Waals surface area contributed by atoms with Gasteiger partial charge in [-0.2, -0.15) is 0 Å². The topological polar surface area (TPSA) is 69.6 Å². The number of carbonyl (C=O) groups is 2. The van der Waals surface area contributed by atoms with Crippen LogP contribution in [-0.4, -0.2) is 30.1 Å². The molecule has 1 unspecified atom stereocenters. The number of fused-ring (bicyclic) bond motifs is 1. The number of benzene rings is 2. The Morgan fingerprint density at radius 2 is 1.83 bits per heavy atom. The summed E-state index contributed by atoms with van der Waals surface area (Å²) in [7, 11) is 0. The van der Waals surface area contributed by atoms with E-state index >= 15 is 0 Å². The van der Waals surface area contributed by atoms with Crippen LogP contribution in [0.1, 0.15) is 65.3 Å². The molecule has 0 aromatic heterocycles. The van der Waals surface area contributed by atoms with E-state index in [0.717, 1.165) is 36.1 Å². The lowest BCUT2D eigenvalue weighted by molar-refractivity contribution is -0.135. The molecule has 0 fully saturated rings. The Balaban J connectivity index is 1.94. The van der Waals surface area contributed by atoms with Gasteiger partial charge in [-0.05, 0) is 56.2 Å². The third kappa shape index (κ3) is 5.21. The number of carbonyl (C=O) groups excluding carboxylic acids is 1. The van der Waals surface area contributed by atoms with E-state index in [1.807, 2.05) is 23.1 Å². The zero-order valence-corrected chi connectivity index (χ0v) is 18.4. The van der Waals surface area contributed by atoms with Crippen LogP contribution in [-0.2, 0) is 11.2 Å². The second-order valence-electron chi connectivity index (χ2n) is 8.81. The van der Waals surface area contributed by atoms with Crippen molar-refractivity contribution in [2.24, 2.45) is 5.92 Å². The van der Waals surface area contributed by atoms with E-state index in [-0.39, 0.29) is 18.5 Å². The predicted molar refractivity (Wildman–Crippen MR) is 120 cm³/mol. The van der Waals surface area contributed by atoms with Gasteiger partial charge in [0.25, 0.3) is 5.91 Å². The van der Waals surface area contributed by atoms with Crippen LogP contribution in [0, 0.1) is 19.8 Å². The lowest BCUT2D eigenvalue weighted by Crippen LogP contribution is -2.37. The van der Waals surface area contributed by atoms with Gasteiger partial charge in [0.05, 0.1) is 17.3 Å². The molecule has 0 saturated carbocycles. The fraction of sp³-hybridized carbons (Fsp3) is 0.440. The normalized spacial score (nSPS) is 14.4. The number of rotatable bonds is 7. The molecule has 1 heterocycles. The third-order valence-electron chi connectivity index (χ3n) is 5.54. The van der Waals surface area contributed by atoms with Gasteiger partial charge in [-0.25, -0.2) is 0 Å². The van der Waals surface area contributed by atoms with Crippen molar-refractivity contribution >= 4 is 17.6 Å². The van der Waals surface area contributed by atoms with Crippen LogP contribution < -0.4 is 10.2 Å². The summed E-state index contributed by atoms with van der Waals surface area (Å²) in [4.78, 5) is 26.6. The lowest BCUT2D eigenvalue weighted by atomic mass is 9.93. The summed E-state index contributed by atoms with van der Waals surface area (Å²) in [5.74, 6) is -0.607. The monoisotopic (exact) mass is 408 g/mol. The van der Waals surface area contributed by atoms with E-state index in [4.69, 9.17) is 0 Å². The molecule has 0 aliphatic carbocycles. The second-order valence-corrected chi connectivity index (χ2v) is 8.81. The van der Waals surface area contributed by atoms with Crippen LogP contribution in [0.3, 0.4) is 0 Å². The molecular weight excluding hydrogens is 376 g/mol. The minimum absolute atomic E-state index is 0.0935. The number of aliphatic carboxylic acids is 1. The van der Waals surface area contributed by atoms with Gasteiger partial charge in [-0.3, -0.25) is 9.59 Å². The quantitative estimate of drug-likeness (QED) is 0.699. The maximum atomic E-state index is 13.4. The van der Waals surface area contributed by atoms with Crippen molar-refractivity contribution in [1.29, 1.82) is 0 Å². The summed E-state index contributed by atoms with van der Waals surface area (Å²) in [5, 5.41) is 12.6. The highest BCUT2D eigenvalue weighted by atomic mass is 16.4. The van der Waals surface area contributed by atoms with Gasteiger partial charge in [-0.1, -0.05) is 55.3 Å². The molecule has 0 spiro atoms. The molecule has 2 aromatic carbocycles. The average molecular weight is 409 g/mol. The first-order chi connectivity index (χ1) is 14.2. The number of nitrogens with one attached hydrogen (secondary N) is 1. The van der Waals surface area contributed by atoms with Crippen LogP contribution in [0.4, 0.5) is 5.69 Å². The largest absolute Gasteiger partial charge is 0.480 e. The number of hydrogen-bond donors (Lipinski definition) is 2. The molecule has 1 aliphatic rings. The lowest BCUT2D eigenvalue weighted by Gasteiger charge is -2.32. The van der Waals surface area contributed by atoms with Gasteiger partial charge in [0.15, 0.2) is 0 Å². The second kappa shape index (κ2) is 9.33. The van der Waals surface area contributed by atoms with Crippen molar-refractivity contribution in [3.05, 3.63) is 64.2 Å². The first-order valence-corrected chi connectivity index (χ1v) is 10.7. The highest BCUT2D eigenvalue weighted by Gasteiger charge is 2.26. The van der Waals surface area contributed by atoms with Crippen molar-refractivity contribution in [1.82, 2.24) is 5.32 Å². The Kier molecular flexibility index (Phi) is 6.80. The van der Waals surface area contributed by atoms with Crippen molar-refractivity contribution in [3.8, 4) is 0 Å². The number of amides is 1. The van der Waals surface area contributed by atoms with Crippen molar-refractivity contribution in [2.75, 3.05) is 18.0 Å². The maximum Gasteiger partial charge on any atom is 0.323 e. The molecule has 1 aliphatic heterocycles. The number of carboxylic acids is 1. The fourth-order valence-corrected chi connectivity index (χ4v) is 4.44. The summed E-state index contributed by atoms with van der Waals surface area (Å²) < 4.78 is 0. The number of nitrogens with zero attached hydrogens (tertiary/aromatic N) is 1. The number of para-hydroxylation sites is 1. The Labute approximate surface area is 179 Å². The third-order valence-corrected chi connectivity index (χ3v) is 5.54. The summed E-state index contributed by atoms with van der Waals surface area (Å²) in [6.45, 7) is 9.01. The Morgan fingerprint density at radius 3 is 2.47 bits per heavy atom. The Bertz CT molecular complexity index is 916. The molecule has 30 heavy (non-hydrogen) atoms. The highest BCUT2D eigenvalue weighted by molar-refractivity contribution is 6.01. The minimum atomic E-state index is -0.883. The van der Waals surface area contributed by atoms with Crippen molar-refractivity contribution < 1.29 is 14.7 Å². The van der Waals surface area contributed by atoms with Gasteiger partial charge >= 0.3 is 5.97 Å². The van der Waals surface area contributed by atoms with E-state index in [1.54, 1.807) is 0 Å². The highest BCUT2D eigenvalue weighted by Crippen LogP contribution is 2.32. The van der Waals surface area contributed by atoms with E-state index in [0.29, 0.717) is 18.0 Å². The van der Waals surface area contributed by atoms with Gasteiger partial charge < -0.3 is 15.3 Å². The molecule has 160 valence electrons. The number of anilines is 1. The van der Waals surface area contributed by atoms with E-state index in [2.05, 4.69) is 51.2 Å². The van der Waals surface area contributed by atoms with Gasteiger partial charge in [0, 0.05) is 6.54 Å². The molecule has 2 N–H and O–H groups in total. The summed E-state index contributed by atoms with van der Waals surface area (Å²) in [6.07, 6.45) is 2.59. The van der Waals surface area contributed by atoms with Gasteiger partial charge in [0.2, 0.25) is 0 Å². The summed E-state index contributed by atoms with van der Waals surface area (Å²) in [5.41, 5.74) is 5.85. The van der Waals surface area contributed by atoms with Crippen LogP contribution in [0.2, 0.25) is 0 Å². The molecule has 0 bridgehead atoms. The molecule has 5 nitrogen and oxygen atoms in total. The maximum absolute atomic E-state index is 13.4. The number of hydrogen-bond acceptors (Lipinski definition) is 3. The molecule has 0 saturated heterocycles. The summed E-state index contributed by atoms with van der Waals surface area (Å²) in [6, 6.07) is 12.0. The first kappa shape index (κ1) is 21.9. The smallest absolute Gasteiger partial charge is 0.323 e. The van der Waals surface area contributed by atoms with E-state index in [1.165, 1.54) is 11.1 Å². The molecule has 2 aromatic rings. The van der Waals surface area contributed by atoms with Crippen LogP contribution in [0.15, 0.2) is 36.4 Å². The molecular formula is C25H32N2O3. The van der Waals surface area contributed by atoms with Gasteiger partial charge in [-0.15, -0.1) is 0 Å². The number of aryl methyl sites for hydroxylation is 3. The van der Waals surface area contributed by atoms with Gasteiger partial charge in [0.1, 0.15) is 6.54 Å². The van der Waals surface area contributed by atoms with E-state index < -0.39 is 5.97 Å². The Hall–Kier alpha value is -2.82. The van der Waals surface area contributed by atoms with Crippen molar-refractivity contribution in [3.63, 3.8) is 0 Å². The van der Waals surface area contributed by atoms with Crippen molar-refractivity contribution in [2.45, 2.75) is 53.0 Å². The fourth-order valence-electron chi connectivity index (χ4n) is 4.44. The van der Waals surface area contributed by atoms with Crippen LogP contribution in [0.25, 0.3) is 0 Å². The average Bonchev–Trinajstić information content (AvgIpc) is 2.65. The predicted octanol–water partition coefficient (Wildman–Crippen LogP) is 4.66. The molecule has 5 heteroatoms. The molecule has 0 radical (unpaired) electrons. The number of carboxylic acid groups (broad SMARTS) is 1. The standard InChI is InChI=1S/C25H32N2O3/c1-16(2)11-22(20-13-17(3)12-18(4)14-20)26-25(30)21-9-5-7-19-8-6-10-27(24(19)21)15-23(28)29/h5,7,9,12-14,16,22H,6,8,10-11,15H2,1-4H3,(H,26,30)(H,28,29). The zero-order chi connectivity index (χ0) is 21.8. The SMILES string of the molecule is Cc1cc(C)cc(C(CC(C)C)NC(=O)c2cccc3c2N(CC(=O)O)CCC3)c1. The first-order valence-electron chi connectivity index (χ1n) is 10.7. The van der Waals surface area contributed by atoms with Crippen LogP contribution >= 0.6 is 0 Å². The minimum Gasteiger partial charge on any atom is -0.480 e. The molecule has 1 amide bonds. The molecule has 1 atom stereocenters. The zero-order valence-electron chi connectivity index (χ0n) is 18.4. The molecule has 3 rings (SSSR count). The summed E-state index contributed by atoms with van der Waals surface area (Å²) >= 11 is 0.